The zero-order valence-corrected chi connectivity index (χ0v) is 17.4. The molecular weight excluding hydrogens is 416 g/mol. The highest BCUT2D eigenvalue weighted by Gasteiger charge is 2.30. The molecule has 0 heterocycles. The predicted molar refractivity (Wildman–Crippen MR) is 115 cm³/mol. The first-order valence-corrected chi connectivity index (χ1v) is 10.3. The smallest absolute Gasteiger partial charge is 0.407 e. The molecule has 1 amide bonds. The van der Waals surface area contributed by atoms with Crippen molar-refractivity contribution in [2.75, 3.05) is 13.2 Å². The number of benzene rings is 3. The molecule has 4 rings (SSSR count). The number of carbonyl (C=O) groups excluding carboxylic acids is 1. The van der Waals surface area contributed by atoms with Gasteiger partial charge in [-0.1, -0.05) is 54.6 Å². The number of hydrogen-bond acceptors (Lipinski definition) is 4. The lowest BCUT2D eigenvalue weighted by molar-refractivity contribution is 0.0143. The van der Waals surface area contributed by atoms with Crippen LogP contribution in [-0.2, 0) is 4.74 Å². The quantitative estimate of drug-likeness (QED) is 0.538. The molecule has 7 heteroatoms. The van der Waals surface area contributed by atoms with Crippen LogP contribution in [0, 0.1) is 18.6 Å². The molecule has 1 aliphatic rings. The third-order valence-corrected chi connectivity index (χ3v) is 5.78. The second-order valence-electron chi connectivity index (χ2n) is 7.81. The Morgan fingerprint density at radius 2 is 1.59 bits per heavy atom. The molecule has 1 aliphatic carbocycles. The van der Waals surface area contributed by atoms with Crippen molar-refractivity contribution in [1.82, 2.24) is 5.32 Å². The van der Waals surface area contributed by atoms with E-state index in [2.05, 4.69) is 5.32 Å². The van der Waals surface area contributed by atoms with E-state index < -0.39 is 42.0 Å². The summed E-state index contributed by atoms with van der Waals surface area (Å²) in [5.74, 6) is -2.03. The lowest BCUT2D eigenvalue weighted by Crippen LogP contribution is -2.36. The van der Waals surface area contributed by atoms with Gasteiger partial charge in [-0.25, -0.2) is 13.6 Å². The number of carbonyl (C=O) groups is 1. The van der Waals surface area contributed by atoms with Crippen molar-refractivity contribution in [2.45, 2.75) is 25.0 Å². The average Bonchev–Trinajstić information content (AvgIpc) is 3.12. The van der Waals surface area contributed by atoms with Gasteiger partial charge in [0.05, 0.1) is 5.56 Å². The van der Waals surface area contributed by atoms with E-state index >= 15 is 0 Å². The van der Waals surface area contributed by atoms with Crippen LogP contribution in [0.5, 0.6) is 0 Å². The van der Waals surface area contributed by atoms with E-state index in [1.54, 1.807) is 0 Å². The van der Waals surface area contributed by atoms with Crippen molar-refractivity contribution in [3.05, 3.63) is 94.6 Å². The third-order valence-electron chi connectivity index (χ3n) is 5.78. The molecule has 2 atom stereocenters. The van der Waals surface area contributed by atoms with Crippen LogP contribution in [0.15, 0.2) is 60.7 Å². The fourth-order valence-corrected chi connectivity index (χ4v) is 4.09. The molecule has 166 valence electrons. The molecule has 0 saturated carbocycles. The van der Waals surface area contributed by atoms with E-state index in [-0.39, 0.29) is 18.1 Å². The maximum atomic E-state index is 14.2. The van der Waals surface area contributed by atoms with Gasteiger partial charge in [-0.2, -0.15) is 0 Å². The maximum absolute atomic E-state index is 14.2. The second-order valence-corrected chi connectivity index (χ2v) is 7.81. The lowest BCUT2D eigenvalue weighted by atomic mass is 9.98. The second kappa shape index (κ2) is 9.06. The van der Waals surface area contributed by atoms with Crippen LogP contribution in [0.1, 0.15) is 34.3 Å². The molecule has 0 saturated heterocycles. The van der Waals surface area contributed by atoms with Gasteiger partial charge >= 0.3 is 6.09 Å². The predicted octanol–water partition coefficient (Wildman–Crippen LogP) is 4.21. The minimum Gasteiger partial charge on any atom is -0.449 e. The molecule has 5 nitrogen and oxygen atoms in total. The highest BCUT2D eigenvalue weighted by molar-refractivity contribution is 5.79. The van der Waals surface area contributed by atoms with Crippen LogP contribution in [-0.4, -0.2) is 35.6 Å². The van der Waals surface area contributed by atoms with E-state index in [1.165, 1.54) is 13.0 Å². The molecule has 0 aliphatic heterocycles. The molecule has 0 radical (unpaired) electrons. The van der Waals surface area contributed by atoms with Crippen molar-refractivity contribution < 1.29 is 28.5 Å². The number of amides is 1. The van der Waals surface area contributed by atoms with Crippen molar-refractivity contribution in [3.8, 4) is 11.1 Å². The number of halogens is 2. The summed E-state index contributed by atoms with van der Waals surface area (Å²) in [6.45, 7) is 1.07. The van der Waals surface area contributed by atoms with Gasteiger partial charge in [-0.05, 0) is 40.8 Å². The van der Waals surface area contributed by atoms with Gasteiger partial charge < -0.3 is 20.3 Å². The molecule has 2 unspecified atom stereocenters. The minimum atomic E-state index is -1.84. The van der Waals surface area contributed by atoms with E-state index in [1.807, 2.05) is 48.5 Å². The first-order valence-electron chi connectivity index (χ1n) is 10.3. The first-order chi connectivity index (χ1) is 15.4. The normalized spacial score (nSPS) is 14.4. The zero-order chi connectivity index (χ0) is 22.8. The summed E-state index contributed by atoms with van der Waals surface area (Å²) < 4.78 is 33.5. The SMILES string of the molecule is Cc1ccc(F)c(C(O)C(O)CNC(=O)OCC2c3ccccc3-c3ccccc32)c1F. The van der Waals surface area contributed by atoms with Crippen LogP contribution >= 0.6 is 0 Å². The Morgan fingerprint density at radius 3 is 2.22 bits per heavy atom. The van der Waals surface area contributed by atoms with Gasteiger partial charge in [0.2, 0.25) is 0 Å². The summed E-state index contributed by atoms with van der Waals surface area (Å²) in [7, 11) is 0. The number of aliphatic hydroxyl groups excluding tert-OH is 2. The standard InChI is InChI=1S/C25H23F2NO4/c1-14-10-11-20(26)22(23(14)27)24(30)21(29)12-28-25(31)32-13-19-17-8-4-2-6-15(17)16-7-3-5-9-18(16)19/h2-11,19,21,24,29-30H,12-13H2,1H3,(H,28,31). The fraction of sp³-hybridized carbons (Fsp3) is 0.240. The van der Waals surface area contributed by atoms with Crippen LogP contribution in [0.2, 0.25) is 0 Å². The molecule has 32 heavy (non-hydrogen) atoms. The van der Waals surface area contributed by atoms with Crippen LogP contribution < -0.4 is 5.32 Å². The van der Waals surface area contributed by atoms with Gasteiger partial charge in [0, 0.05) is 12.5 Å². The number of ether oxygens (including phenoxy) is 1. The summed E-state index contributed by atoms with van der Waals surface area (Å²) in [4.78, 5) is 12.2. The Kier molecular flexibility index (Phi) is 6.21. The van der Waals surface area contributed by atoms with Gasteiger partial charge in [0.1, 0.15) is 30.4 Å². The Bertz CT molecular complexity index is 1110. The summed E-state index contributed by atoms with van der Waals surface area (Å²) in [5.41, 5.74) is 3.81. The van der Waals surface area contributed by atoms with Crippen LogP contribution in [0.3, 0.4) is 0 Å². The lowest BCUT2D eigenvalue weighted by Gasteiger charge is -2.20. The molecule has 3 N–H and O–H groups in total. The van der Waals surface area contributed by atoms with Crippen LogP contribution in [0.25, 0.3) is 11.1 Å². The molecular formula is C25H23F2NO4. The van der Waals surface area contributed by atoms with E-state index in [0.29, 0.717) is 0 Å². The Balaban J connectivity index is 1.37. The Morgan fingerprint density at radius 1 is 1.00 bits per heavy atom. The van der Waals surface area contributed by atoms with Crippen molar-refractivity contribution >= 4 is 6.09 Å². The molecule has 0 spiro atoms. The maximum Gasteiger partial charge on any atom is 0.407 e. The summed E-state index contributed by atoms with van der Waals surface area (Å²) in [6.07, 6.45) is -4.27. The molecule has 0 bridgehead atoms. The molecule has 0 aromatic heterocycles. The van der Waals surface area contributed by atoms with Gasteiger partial charge in [-0.3, -0.25) is 0 Å². The Hall–Kier alpha value is -3.29. The summed E-state index contributed by atoms with van der Waals surface area (Å²) >= 11 is 0. The third kappa shape index (κ3) is 4.09. The average molecular weight is 439 g/mol. The number of aliphatic hydroxyl groups is 2. The minimum absolute atomic E-state index is 0.0830. The van der Waals surface area contributed by atoms with Crippen molar-refractivity contribution in [3.63, 3.8) is 0 Å². The molecule has 3 aromatic carbocycles. The zero-order valence-electron chi connectivity index (χ0n) is 17.4. The van der Waals surface area contributed by atoms with Crippen molar-refractivity contribution in [2.24, 2.45) is 0 Å². The topological polar surface area (TPSA) is 78.8 Å². The van der Waals surface area contributed by atoms with Gasteiger partial charge in [0.15, 0.2) is 0 Å². The van der Waals surface area contributed by atoms with E-state index in [9.17, 15) is 23.8 Å². The van der Waals surface area contributed by atoms with E-state index in [0.717, 1.165) is 28.3 Å². The molecule has 3 aromatic rings. The first kappa shape index (κ1) is 21.9. The van der Waals surface area contributed by atoms with Gasteiger partial charge in [0.25, 0.3) is 0 Å². The number of nitrogens with one attached hydrogen (secondary N) is 1. The number of rotatable bonds is 6. The highest BCUT2D eigenvalue weighted by Crippen LogP contribution is 2.44. The number of aryl methyl sites for hydroxylation is 1. The van der Waals surface area contributed by atoms with E-state index in [4.69, 9.17) is 4.74 Å². The Labute approximate surface area is 184 Å². The van der Waals surface area contributed by atoms with Crippen LogP contribution in [0.4, 0.5) is 13.6 Å². The fourth-order valence-electron chi connectivity index (χ4n) is 4.09. The largest absolute Gasteiger partial charge is 0.449 e. The number of fused-ring (bicyclic) bond motifs is 3. The monoisotopic (exact) mass is 439 g/mol. The number of hydrogen-bond donors (Lipinski definition) is 3. The number of alkyl carbamates (subject to hydrolysis) is 1. The van der Waals surface area contributed by atoms with Gasteiger partial charge in [-0.15, -0.1) is 0 Å². The summed E-state index contributed by atoms with van der Waals surface area (Å²) in [5, 5.41) is 22.7. The summed E-state index contributed by atoms with van der Waals surface area (Å²) in [6, 6.07) is 18.1. The highest BCUT2D eigenvalue weighted by atomic mass is 19.1. The van der Waals surface area contributed by atoms with Crippen molar-refractivity contribution in [1.29, 1.82) is 0 Å². The molecule has 0 fully saturated rings.